The molecular formula is C20H26ClNO3. The molecule has 25 heavy (non-hydrogen) atoms. The summed E-state index contributed by atoms with van der Waals surface area (Å²) < 4.78 is 11.5. The number of aryl methyl sites for hydroxylation is 1. The number of rotatable bonds is 7. The van der Waals surface area contributed by atoms with Gasteiger partial charge in [0.25, 0.3) is 5.91 Å². The minimum Gasteiger partial charge on any atom is -0.485 e. The van der Waals surface area contributed by atoms with Crippen LogP contribution < -0.4 is 10.1 Å². The van der Waals surface area contributed by atoms with E-state index in [9.17, 15) is 4.79 Å². The Kier molecular flexibility index (Phi) is 6.54. The van der Waals surface area contributed by atoms with E-state index in [0.29, 0.717) is 17.4 Å². The number of ether oxygens (including phenoxy) is 1. The Labute approximate surface area is 154 Å². The molecule has 1 aromatic heterocycles. The summed E-state index contributed by atoms with van der Waals surface area (Å²) in [7, 11) is 0. The van der Waals surface area contributed by atoms with E-state index < -0.39 is 0 Å². The number of halogens is 1. The van der Waals surface area contributed by atoms with E-state index in [0.717, 1.165) is 28.3 Å². The van der Waals surface area contributed by atoms with Gasteiger partial charge in [0, 0.05) is 11.1 Å². The Morgan fingerprint density at radius 3 is 2.64 bits per heavy atom. The van der Waals surface area contributed by atoms with Crippen LogP contribution >= 0.6 is 11.6 Å². The first-order valence-corrected chi connectivity index (χ1v) is 9.02. The van der Waals surface area contributed by atoms with Crippen LogP contribution in [-0.2, 0) is 6.61 Å². The van der Waals surface area contributed by atoms with E-state index in [1.807, 2.05) is 32.9 Å². The summed E-state index contributed by atoms with van der Waals surface area (Å²) in [5.41, 5.74) is 2.02. The standard InChI is InChI=1S/C20H26ClNO3/c1-6-14(5)22-20(23)18-8-7-15(25-18)11-24-19-9-13(4)17(21)10-16(19)12(2)3/h7-10,12,14H,6,11H2,1-5H3,(H,22,23). The van der Waals surface area contributed by atoms with Gasteiger partial charge >= 0.3 is 0 Å². The molecule has 0 spiro atoms. The Balaban J connectivity index is 2.08. The number of carbonyl (C=O) groups excluding carboxylic acids is 1. The third-order valence-electron chi connectivity index (χ3n) is 4.16. The fourth-order valence-electron chi connectivity index (χ4n) is 2.37. The molecule has 1 atom stereocenters. The molecule has 0 bridgehead atoms. The molecule has 1 aromatic carbocycles. The number of hydrogen-bond acceptors (Lipinski definition) is 3. The minimum absolute atomic E-state index is 0.114. The van der Waals surface area contributed by atoms with E-state index >= 15 is 0 Å². The second kappa shape index (κ2) is 8.43. The largest absolute Gasteiger partial charge is 0.485 e. The van der Waals surface area contributed by atoms with Crippen LogP contribution in [0.2, 0.25) is 5.02 Å². The van der Waals surface area contributed by atoms with Crippen molar-refractivity contribution in [3.63, 3.8) is 0 Å². The van der Waals surface area contributed by atoms with Crippen molar-refractivity contribution in [3.8, 4) is 5.75 Å². The molecule has 0 saturated heterocycles. The van der Waals surface area contributed by atoms with Crippen molar-refractivity contribution < 1.29 is 13.9 Å². The first kappa shape index (κ1) is 19.4. The third kappa shape index (κ3) is 5.02. The maximum absolute atomic E-state index is 12.1. The number of carbonyl (C=O) groups is 1. The summed E-state index contributed by atoms with van der Waals surface area (Å²) in [6, 6.07) is 7.44. The van der Waals surface area contributed by atoms with Crippen LogP contribution in [0.15, 0.2) is 28.7 Å². The second-order valence-corrected chi connectivity index (χ2v) is 7.04. The average molecular weight is 364 g/mol. The van der Waals surface area contributed by atoms with Crippen molar-refractivity contribution in [2.45, 2.75) is 59.6 Å². The molecule has 1 amide bonds. The van der Waals surface area contributed by atoms with Crippen LogP contribution in [-0.4, -0.2) is 11.9 Å². The van der Waals surface area contributed by atoms with E-state index in [4.69, 9.17) is 20.8 Å². The Morgan fingerprint density at radius 2 is 2.00 bits per heavy atom. The van der Waals surface area contributed by atoms with E-state index in [1.165, 1.54) is 0 Å². The molecule has 4 nitrogen and oxygen atoms in total. The molecule has 0 aliphatic heterocycles. The Hall–Kier alpha value is -1.94. The zero-order valence-electron chi connectivity index (χ0n) is 15.5. The van der Waals surface area contributed by atoms with Crippen molar-refractivity contribution in [3.05, 3.63) is 51.9 Å². The lowest BCUT2D eigenvalue weighted by atomic mass is 10.0. The Bertz CT molecular complexity index is 737. The van der Waals surface area contributed by atoms with Gasteiger partial charge in [0.2, 0.25) is 0 Å². The lowest BCUT2D eigenvalue weighted by molar-refractivity contribution is 0.0907. The summed E-state index contributed by atoms with van der Waals surface area (Å²) >= 11 is 6.22. The van der Waals surface area contributed by atoms with Crippen molar-refractivity contribution >= 4 is 17.5 Å². The molecule has 0 saturated carbocycles. The molecule has 0 aliphatic rings. The maximum atomic E-state index is 12.1. The topological polar surface area (TPSA) is 51.5 Å². The molecule has 136 valence electrons. The highest BCUT2D eigenvalue weighted by molar-refractivity contribution is 6.31. The van der Waals surface area contributed by atoms with Crippen molar-refractivity contribution in [1.29, 1.82) is 0 Å². The lowest BCUT2D eigenvalue weighted by Gasteiger charge is -2.15. The molecule has 2 aromatic rings. The lowest BCUT2D eigenvalue weighted by Crippen LogP contribution is -2.31. The highest BCUT2D eigenvalue weighted by Gasteiger charge is 2.15. The summed E-state index contributed by atoms with van der Waals surface area (Å²) in [5, 5.41) is 3.62. The molecular weight excluding hydrogens is 338 g/mol. The van der Waals surface area contributed by atoms with Gasteiger partial charge in [0.05, 0.1) is 0 Å². The first-order valence-electron chi connectivity index (χ1n) is 8.64. The first-order chi connectivity index (χ1) is 11.8. The van der Waals surface area contributed by atoms with E-state index in [1.54, 1.807) is 12.1 Å². The quantitative estimate of drug-likeness (QED) is 0.709. The van der Waals surface area contributed by atoms with Crippen molar-refractivity contribution in [1.82, 2.24) is 5.32 Å². The molecule has 0 fully saturated rings. The van der Waals surface area contributed by atoms with Crippen LogP contribution in [0.4, 0.5) is 0 Å². The minimum atomic E-state index is -0.203. The monoisotopic (exact) mass is 363 g/mol. The fourth-order valence-corrected chi connectivity index (χ4v) is 2.54. The molecule has 0 radical (unpaired) electrons. The molecule has 1 unspecified atom stereocenters. The maximum Gasteiger partial charge on any atom is 0.287 e. The van der Waals surface area contributed by atoms with E-state index in [2.05, 4.69) is 19.2 Å². The number of furan rings is 1. The van der Waals surface area contributed by atoms with Crippen molar-refractivity contribution in [2.75, 3.05) is 0 Å². The zero-order chi connectivity index (χ0) is 18.6. The van der Waals surface area contributed by atoms with E-state index in [-0.39, 0.29) is 18.6 Å². The Morgan fingerprint density at radius 1 is 1.28 bits per heavy atom. The van der Waals surface area contributed by atoms with Gasteiger partial charge in [-0.2, -0.15) is 0 Å². The summed E-state index contributed by atoms with van der Waals surface area (Å²) in [6.07, 6.45) is 0.871. The fraction of sp³-hybridized carbons (Fsp3) is 0.450. The second-order valence-electron chi connectivity index (χ2n) is 6.63. The molecule has 1 heterocycles. The molecule has 1 N–H and O–H groups in total. The van der Waals surface area contributed by atoms with Gasteiger partial charge in [-0.1, -0.05) is 32.4 Å². The molecule has 2 rings (SSSR count). The highest BCUT2D eigenvalue weighted by atomic mass is 35.5. The SMILES string of the molecule is CCC(C)NC(=O)c1ccc(COc2cc(C)c(Cl)cc2C(C)C)o1. The smallest absolute Gasteiger partial charge is 0.287 e. The summed E-state index contributed by atoms with van der Waals surface area (Å²) in [4.78, 5) is 12.1. The van der Waals surface area contributed by atoms with Crippen LogP contribution in [0, 0.1) is 6.92 Å². The van der Waals surface area contributed by atoms with Gasteiger partial charge in [-0.25, -0.2) is 0 Å². The normalized spacial score (nSPS) is 12.3. The van der Waals surface area contributed by atoms with Crippen LogP contribution in [0.25, 0.3) is 0 Å². The zero-order valence-corrected chi connectivity index (χ0v) is 16.2. The van der Waals surface area contributed by atoms with Gasteiger partial charge in [-0.3, -0.25) is 4.79 Å². The van der Waals surface area contributed by atoms with Crippen molar-refractivity contribution in [2.24, 2.45) is 0 Å². The highest BCUT2D eigenvalue weighted by Crippen LogP contribution is 2.32. The van der Waals surface area contributed by atoms with Gasteiger partial charge in [-0.05, 0) is 61.6 Å². The van der Waals surface area contributed by atoms with Crippen LogP contribution in [0.1, 0.15) is 67.5 Å². The van der Waals surface area contributed by atoms with Gasteiger partial charge in [0.1, 0.15) is 18.1 Å². The number of amides is 1. The summed E-state index contributed by atoms with van der Waals surface area (Å²) in [5.74, 6) is 1.79. The third-order valence-corrected chi connectivity index (χ3v) is 4.57. The van der Waals surface area contributed by atoms with Gasteiger partial charge in [0.15, 0.2) is 5.76 Å². The average Bonchev–Trinajstić information content (AvgIpc) is 3.04. The summed E-state index contributed by atoms with van der Waals surface area (Å²) in [6.45, 7) is 10.4. The predicted octanol–water partition coefficient (Wildman–Crippen LogP) is 5.47. The predicted molar refractivity (Wildman–Crippen MR) is 101 cm³/mol. The number of hydrogen-bond donors (Lipinski definition) is 1. The molecule has 5 heteroatoms. The number of nitrogens with one attached hydrogen (secondary N) is 1. The number of benzene rings is 1. The van der Waals surface area contributed by atoms with Crippen LogP contribution in [0.3, 0.4) is 0 Å². The van der Waals surface area contributed by atoms with Gasteiger partial charge < -0.3 is 14.5 Å². The van der Waals surface area contributed by atoms with Gasteiger partial charge in [-0.15, -0.1) is 0 Å². The molecule has 0 aliphatic carbocycles. The van der Waals surface area contributed by atoms with Crippen LogP contribution in [0.5, 0.6) is 5.75 Å².